The van der Waals surface area contributed by atoms with E-state index in [2.05, 4.69) is 0 Å². The summed E-state index contributed by atoms with van der Waals surface area (Å²) in [7, 11) is 2.91. The van der Waals surface area contributed by atoms with Crippen LogP contribution in [-0.4, -0.2) is 39.6 Å². The second-order valence-corrected chi connectivity index (χ2v) is 7.04. The molecule has 2 aromatic rings. The van der Waals surface area contributed by atoms with Gasteiger partial charge in [-0.05, 0) is 23.8 Å². The van der Waals surface area contributed by atoms with E-state index in [-0.39, 0.29) is 30.6 Å². The van der Waals surface area contributed by atoms with Gasteiger partial charge in [-0.3, -0.25) is 4.79 Å². The third kappa shape index (κ3) is 3.00. The zero-order valence-electron chi connectivity index (χ0n) is 17.0. The van der Waals surface area contributed by atoms with Gasteiger partial charge in [0.05, 0.1) is 19.8 Å². The number of carbonyl (C=O) groups is 2. The van der Waals surface area contributed by atoms with Crippen molar-refractivity contribution in [3.63, 3.8) is 0 Å². The summed E-state index contributed by atoms with van der Waals surface area (Å²) in [6.45, 7) is 1.44. The molecule has 3 aliphatic rings. The quantitative estimate of drug-likeness (QED) is 0.540. The fourth-order valence-corrected chi connectivity index (χ4v) is 3.96. The van der Waals surface area contributed by atoms with Crippen molar-refractivity contribution in [2.24, 2.45) is 0 Å². The molecule has 0 N–H and O–H groups in total. The predicted molar refractivity (Wildman–Crippen MR) is 104 cm³/mol. The summed E-state index contributed by atoms with van der Waals surface area (Å²) in [5.74, 6) is 1.28. The summed E-state index contributed by atoms with van der Waals surface area (Å²) in [6, 6.07) is 6.91. The van der Waals surface area contributed by atoms with E-state index < -0.39 is 17.9 Å². The maximum Gasteiger partial charge on any atom is 0.339 e. The lowest BCUT2D eigenvalue weighted by Gasteiger charge is -2.27. The van der Waals surface area contributed by atoms with E-state index in [0.717, 1.165) is 0 Å². The van der Waals surface area contributed by atoms with Crippen molar-refractivity contribution in [1.29, 1.82) is 0 Å². The largest absolute Gasteiger partial charge is 0.493 e. The number of hydrogen-bond acceptors (Lipinski definition) is 9. The van der Waals surface area contributed by atoms with Crippen molar-refractivity contribution in [2.75, 3.05) is 27.6 Å². The average Bonchev–Trinajstić information content (AvgIpc) is 3.36. The zero-order valence-corrected chi connectivity index (χ0v) is 17.0. The van der Waals surface area contributed by atoms with E-state index >= 15 is 0 Å². The van der Waals surface area contributed by atoms with Gasteiger partial charge in [-0.2, -0.15) is 0 Å². The molecule has 0 spiro atoms. The molecular formula is C22H18O9. The predicted octanol–water partition coefficient (Wildman–Crippen LogP) is 2.69. The molecule has 3 heterocycles. The lowest BCUT2D eigenvalue weighted by Crippen LogP contribution is -2.18. The number of benzene rings is 2. The fraction of sp³-hybridized carbons (Fsp3) is 0.273. The highest BCUT2D eigenvalue weighted by molar-refractivity contribution is 5.95. The second kappa shape index (κ2) is 7.12. The summed E-state index contributed by atoms with van der Waals surface area (Å²) >= 11 is 0. The number of hydrogen-bond donors (Lipinski definition) is 0. The van der Waals surface area contributed by atoms with E-state index in [4.69, 9.17) is 33.2 Å². The van der Waals surface area contributed by atoms with Crippen LogP contribution >= 0.6 is 0 Å². The van der Waals surface area contributed by atoms with Crippen LogP contribution in [-0.2, 0) is 14.3 Å². The monoisotopic (exact) mass is 426 g/mol. The summed E-state index contributed by atoms with van der Waals surface area (Å²) in [6.07, 6.45) is 0. The molecule has 9 heteroatoms. The molecule has 0 radical (unpaired) electrons. The van der Waals surface area contributed by atoms with Crippen LogP contribution in [0.15, 0.2) is 35.6 Å². The number of carbonyl (C=O) groups excluding carboxylic acids is 2. The Morgan fingerprint density at radius 3 is 2.29 bits per heavy atom. The Bertz CT molecular complexity index is 1120. The highest BCUT2D eigenvalue weighted by Gasteiger charge is 2.42. The molecule has 1 atom stereocenters. The lowest BCUT2D eigenvalue weighted by atomic mass is 9.82. The highest BCUT2D eigenvalue weighted by atomic mass is 16.7. The van der Waals surface area contributed by atoms with Crippen LogP contribution in [0.25, 0.3) is 0 Å². The second-order valence-electron chi connectivity index (χ2n) is 7.04. The van der Waals surface area contributed by atoms with Crippen LogP contribution in [0.2, 0.25) is 0 Å². The molecule has 0 saturated carbocycles. The Morgan fingerprint density at radius 2 is 1.65 bits per heavy atom. The third-order valence-corrected chi connectivity index (χ3v) is 5.25. The minimum absolute atomic E-state index is 0.0400. The molecule has 5 rings (SSSR count). The average molecular weight is 426 g/mol. The molecule has 0 saturated heterocycles. The molecule has 160 valence electrons. The van der Waals surface area contributed by atoms with E-state index in [1.165, 1.54) is 21.1 Å². The van der Waals surface area contributed by atoms with Gasteiger partial charge in [0.25, 0.3) is 0 Å². The van der Waals surface area contributed by atoms with E-state index in [9.17, 15) is 9.59 Å². The summed E-state index contributed by atoms with van der Waals surface area (Å²) in [5, 5.41) is 0. The van der Waals surface area contributed by atoms with Gasteiger partial charge < -0.3 is 33.2 Å². The molecule has 0 aromatic heterocycles. The van der Waals surface area contributed by atoms with E-state index in [0.29, 0.717) is 39.7 Å². The Hall–Kier alpha value is -3.88. The SMILES string of the molecule is COc1cc([C@H]2C3=C(COC3=O)Oc3cc4c(cc32)OCO4)cc(OC)c1OC(C)=O. The number of cyclic esters (lactones) is 1. The Morgan fingerprint density at radius 1 is 0.968 bits per heavy atom. The molecule has 2 aromatic carbocycles. The van der Waals surface area contributed by atoms with Gasteiger partial charge in [-0.1, -0.05) is 0 Å². The first kappa shape index (κ1) is 19.1. The van der Waals surface area contributed by atoms with Gasteiger partial charge in [-0.25, -0.2) is 4.79 Å². The fourth-order valence-electron chi connectivity index (χ4n) is 3.96. The van der Waals surface area contributed by atoms with Gasteiger partial charge in [0.2, 0.25) is 12.5 Å². The first-order valence-corrected chi connectivity index (χ1v) is 9.46. The molecular weight excluding hydrogens is 408 g/mol. The molecule has 9 nitrogen and oxygen atoms in total. The number of fused-ring (bicyclic) bond motifs is 2. The van der Waals surface area contributed by atoms with Crippen LogP contribution in [0.1, 0.15) is 24.0 Å². The summed E-state index contributed by atoms with van der Waals surface area (Å²) in [5.41, 5.74) is 1.75. The van der Waals surface area contributed by atoms with Gasteiger partial charge in [0.15, 0.2) is 28.8 Å². The standard InChI is InChI=1S/C22H18O9/c1-10(23)30-21-16(25-2)4-11(5-17(21)26-3)19-12-6-14-15(29-9-28-14)7-13(12)31-18-8-27-22(24)20(18)19/h4-7,19H,8-9H2,1-3H3/t19-/m1/s1. The molecule has 0 fully saturated rings. The van der Waals surface area contributed by atoms with Crippen molar-refractivity contribution < 1.29 is 42.7 Å². The normalized spacial score (nSPS) is 18.0. The number of rotatable bonds is 4. The number of ether oxygens (including phenoxy) is 7. The smallest absolute Gasteiger partial charge is 0.339 e. The number of methoxy groups -OCH3 is 2. The first-order chi connectivity index (χ1) is 15.0. The van der Waals surface area contributed by atoms with Gasteiger partial charge in [-0.15, -0.1) is 0 Å². The maximum absolute atomic E-state index is 12.6. The van der Waals surface area contributed by atoms with Crippen molar-refractivity contribution in [3.8, 4) is 34.5 Å². The lowest BCUT2D eigenvalue weighted by molar-refractivity contribution is -0.136. The van der Waals surface area contributed by atoms with Crippen LogP contribution < -0.4 is 28.4 Å². The summed E-state index contributed by atoms with van der Waals surface area (Å²) in [4.78, 5) is 24.2. The molecule has 3 aliphatic heterocycles. The van der Waals surface area contributed by atoms with Crippen LogP contribution in [0.5, 0.6) is 34.5 Å². The third-order valence-electron chi connectivity index (χ3n) is 5.25. The number of esters is 2. The molecule has 31 heavy (non-hydrogen) atoms. The molecule has 0 amide bonds. The van der Waals surface area contributed by atoms with Crippen molar-refractivity contribution in [3.05, 3.63) is 46.7 Å². The van der Waals surface area contributed by atoms with Gasteiger partial charge in [0.1, 0.15) is 12.4 Å². The van der Waals surface area contributed by atoms with Crippen LogP contribution in [0.4, 0.5) is 0 Å². The molecule has 0 aliphatic carbocycles. The Kier molecular flexibility index (Phi) is 4.39. The van der Waals surface area contributed by atoms with Gasteiger partial charge >= 0.3 is 11.9 Å². The van der Waals surface area contributed by atoms with Crippen LogP contribution in [0.3, 0.4) is 0 Å². The minimum Gasteiger partial charge on any atom is -0.493 e. The Labute approximate surface area is 177 Å². The maximum atomic E-state index is 12.6. The first-order valence-electron chi connectivity index (χ1n) is 9.46. The minimum atomic E-state index is -0.544. The molecule has 0 unspecified atom stereocenters. The van der Waals surface area contributed by atoms with Crippen molar-refractivity contribution >= 4 is 11.9 Å². The van der Waals surface area contributed by atoms with Crippen LogP contribution in [0, 0.1) is 0 Å². The highest BCUT2D eigenvalue weighted by Crippen LogP contribution is 2.52. The van der Waals surface area contributed by atoms with Crippen molar-refractivity contribution in [2.45, 2.75) is 12.8 Å². The van der Waals surface area contributed by atoms with E-state index in [1.54, 1.807) is 24.3 Å². The van der Waals surface area contributed by atoms with Gasteiger partial charge in [0, 0.05) is 24.5 Å². The zero-order chi connectivity index (χ0) is 21.7. The van der Waals surface area contributed by atoms with Crippen molar-refractivity contribution in [1.82, 2.24) is 0 Å². The summed E-state index contributed by atoms with van der Waals surface area (Å²) < 4.78 is 38.4. The topological polar surface area (TPSA) is 98.8 Å². The molecule has 0 bridgehead atoms. The Balaban J connectivity index is 1.72. The van der Waals surface area contributed by atoms with E-state index in [1.807, 2.05) is 0 Å².